The molecule has 0 radical (unpaired) electrons. The number of ether oxygens (including phenoxy) is 1. The molecule has 82 valence electrons. The molecule has 1 aromatic carbocycles. The molecule has 0 fully saturated rings. The molecule has 1 aromatic rings. The van der Waals surface area contributed by atoms with E-state index >= 15 is 0 Å². The second-order valence-electron chi connectivity index (χ2n) is 3.35. The summed E-state index contributed by atoms with van der Waals surface area (Å²) >= 11 is 4.90. The van der Waals surface area contributed by atoms with Crippen LogP contribution in [0, 0.1) is 0 Å². The summed E-state index contributed by atoms with van der Waals surface area (Å²) in [4.78, 5) is 0.322. The Kier molecular flexibility index (Phi) is 4.52. The number of para-hydroxylation sites is 1. The smallest absolute Gasteiger partial charge is 0.129 e. The van der Waals surface area contributed by atoms with Crippen molar-refractivity contribution in [3.63, 3.8) is 0 Å². The Labute approximate surface area is 94.9 Å². The average Bonchev–Trinajstić information content (AvgIpc) is 2.17. The van der Waals surface area contributed by atoms with E-state index < -0.39 is 0 Å². The molecule has 0 bridgehead atoms. The predicted molar refractivity (Wildman–Crippen MR) is 64.1 cm³/mol. The summed E-state index contributed by atoms with van der Waals surface area (Å²) in [5.74, 6) is 0.672. The molecule has 0 aromatic heterocycles. The van der Waals surface area contributed by atoms with Gasteiger partial charge >= 0.3 is 0 Å². The van der Waals surface area contributed by atoms with E-state index in [9.17, 15) is 0 Å². The zero-order valence-corrected chi connectivity index (χ0v) is 9.46. The van der Waals surface area contributed by atoms with Crippen molar-refractivity contribution in [2.45, 2.75) is 19.4 Å². The molecule has 1 rings (SSSR count). The first-order valence-electron chi connectivity index (χ1n) is 4.81. The average molecular weight is 225 g/mol. The van der Waals surface area contributed by atoms with Gasteiger partial charge in [0.05, 0.1) is 18.3 Å². The van der Waals surface area contributed by atoms with Crippen LogP contribution in [0.2, 0.25) is 0 Å². The van der Waals surface area contributed by atoms with Crippen molar-refractivity contribution in [1.82, 2.24) is 0 Å². The second-order valence-corrected chi connectivity index (χ2v) is 3.79. The molecule has 0 amide bonds. The third-order valence-electron chi connectivity index (χ3n) is 1.95. The first kappa shape index (κ1) is 11.9. The van der Waals surface area contributed by atoms with Crippen LogP contribution < -0.4 is 10.5 Å². The highest BCUT2D eigenvalue weighted by Gasteiger charge is 2.05. The highest BCUT2D eigenvalue weighted by molar-refractivity contribution is 7.80. The molecule has 0 aliphatic rings. The van der Waals surface area contributed by atoms with Crippen LogP contribution in [-0.2, 0) is 0 Å². The monoisotopic (exact) mass is 225 g/mol. The van der Waals surface area contributed by atoms with Crippen molar-refractivity contribution in [3.8, 4) is 5.75 Å². The van der Waals surface area contributed by atoms with E-state index in [0.717, 1.165) is 5.56 Å². The Balaban J connectivity index is 2.63. The zero-order chi connectivity index (χ0) is 11.3. The van der Waals surface area contributed by atoms with Gasteiger partial charge in [0.15, 0.2) is 0 Å². The van der Waals surface area contributed by atoms with Gasteiger partial charge in [-0.25, -0.2) is 0 Å². The van der Waals surface area contributed by atoms with E-state index in [1.807, 2.05) is 24.3 Å². The Hall–Kier alpha value is -1.13. The molecule has 0 aliphatic carbocycles. The van der Waals surface area contributed by atoms with Crippen LogP contribution in [-0.4, -0.2) is 22.8 Å². The summed E-state index contributed by atoms with van der Waals surface area (Å²) in [5.41, 5.74) is 6.28. The molecule has 0 spiro atoms. The minimum Gasteiger partial charge on any atom is -0.493 e. The van der Waals surface area contributed by atoms with Gasteiger partial charge in [-0.3, -0.25) is 0 Å². The predicted octanol–water partition coefficient (Wildman–Crippen LogP) is 1.47. The maximum atomic E-state index is 9.08. The lowest BCUT2D eigenvalue weighted by Crippen LogP contribution is -2.13. The van der Waals surface area contributed by atoms with Crippen molar-refractivity contribution >= 4 is 17.2 Å². The molecule has 0 heterocycles. The van der Waals surface area contributed by atoms with Crippen molar-refractivity contribution in [1.29, 1.82) is 0 Å². The maximum absolute atomic E-state index is 9.08. The van der Waals surface area contributed by atoms with Crippen LogP contribution in [0.5, 0.6) is 5.75 Å². The molecule has 4 heteroatoms. The first-order valence-corrected chi connectivity index (χ1v) is 5.21. The number of hydrogen-bond acceptors (Lipinski definition) is 3. The second kappa shape index (κ2) is 5.68. The van der Waals surface area contributed by atoms with Crippen molar-refractivity contribution in [3.05, 3.63) is 29.8 Å². The van der Waals surface area contributed by atoms with Crippen LogP contribution >= 0.6 is 12.2 Å². The summed E-state index contributed by atoms with van der Waals surface area (Å²) in [5, 5.41) is 9.08. The highest BCUT2D eigenvalue weighted by atomic mass is 32.1. The molecular formula is C11H15NO2S. The molecule has 1 unspecified atom stereocenters. The number of aliphatic hydroxyl groups excluding tert-OH is 1. The summed E-state index contributed by atoms with van der Waals surface area (Å²) in [7, 11) is 0. The standard InChI is InChI=1S/C11H15NO2S/c1-8(13)6-7-14-10-5-3-2-4-9(10)11(12)15/h2-5,8,13H,6-7H2,1H3,(H2,12,15). The van der Waals surface area contributed by atoms with Crippen LogP contribution in [0.15, 0.2) is 24.3 Å². The first-order chi connectivity index (χ1) is 7.11. The fourth-order valence-corrected chi connectivity index (χ4v) is 1.30. The normalized spacial score (nSPS) is 12.1. The van der Waals surface area contributed by atoms with Gasteiger partial charge in [-0.15, -0.1) is 0 Å². The molecule has 3 N–H and O–H groups in total. The SMILES string of the molecule is CC(O)CCOc1ccccc1C(N)=S. The van der Waals surface area contributed by atoms with E-state index in [2.05, 4.69) is 0 Å². The third-order valence-corrected chi connectivity index (χ3v) is 2.17. The van der Waals surface area contributed by atoms with E-state index in [4.69, 9.17) is 27.8 Å². The fraction of sp³-hybridized carbons (Fsp3) is 0.364. The fourth-order valence-electron chi connectivity index (χ4n) is 1.14. The summed E-state index contributed by atoms with van der Waals surface area (Å²) < 4.78 is 5.48. The molecule has 0 aliphatic heterocycles. The third kappa shape index (κ3) is 3.85. The van der Waals surface area contributed by atoms with Gasteiger partial charge in [0.25, 0.3) is 0 Å². The summed E-state index contributed by atoms with van der Waals surface area (Å²) in [6, 6.07) is 7.35. The number of aliphatic hydroxyl groups is 1. The van der Waals surface area contributed by atoms with Gasteiger partial charge in [0, 0.05) is 6.42 Å². The largest absolute Gasteiger partial charge is 0.493 e. The van der Waals surface area contributed by atoms with Gasteiger partial charge in [-0.05, 0) is 19.1 Å². The Morgan fingerprint density at radius 2 is 2.20 bits per heavy atom. The lowest BCUT2D eigenvalue weighted by molar-refractivity contribution is 0.155. The Morgan fingerprint density at radius 1 is 1.53 bits per heavy atom. The summed E-state index contributed by atoms with van der Waals surface area (Å²) in [6.45, 7) is 2.18. The molecule has 0 saturated heterocycles. The topological polar surface area (TPSA) is 55.5 Å². The molecule has 15 heavy (non-hydrogen) atoms. The van der Waals surface area contributed by atoms with Crippen LogP contribution in [0.4, 0.5) is 0 Å². The van der Waals surface area contributed by atoms with Crippen LogP contribution in [0.25, 0.3) is 0 Å². The van der Waals surface area contributed by atoms with E-state index in [1.165, 1.54) is 0 Å². The van der Waals surface area contributed by atoms with Crippen LogP contribution in [0.3, 0.4) is 0 Å². The van der Waals surface area contributed by atoms with Gasteiger partial charge in [0.2, 0.25) is 0 Å². The highest BCUT2D eigenvalue weighted by Crippen LogP contribution is 2.17. The van der Waals surface area contributed by atoms with Crippen molar-refractivity contribution in [2.75, 3.05) is 6.61 Å². The van der Waals surface area contributed by atoms with E-state index in [1.54, 1.807) is 6.92 Å². The lowest BCUT2D eigenvalue weighted by atomic mass is 10.2. The van der Waals surface area contributed by atoms with Crippen molar-refractivity contribution < 1.29 is 9.84 Å². The number of hydrogen-bond donors (Lipinski definition) is 2. The molecular weight excluding hydrogens is 210 g/mol. The van der Waals surface area contributed by atoms with Gasteiger partial charge in [-0.2, -0.15) is 0 Å². The van der Waals surface area contributed by atoms with Gasteiger partial charge < -0.3 is 15.6 Å². The number of benzene rings is 1. The van der Waals surface area contributed by atoms with Gasteiger partial charge in [0.1, 0.15) is 10.7 Å². The Bertz CT molecular complexity index is 339. The summed E-state index contributed by atoms with van der Waals surface area (Å²) in [6.07, 6.45) is 0.230. The maximum Gasteiger partial charge on any atom is 0.129 e. The van der Waals surface area contributed by atoms with E-state index in [0.29, 0.717) is 23.8 Å². The number of rotatable bonds is 5. The van der Waals surface area contributed by atoms with Crippen LogP contribution in [0.1, 0.15) is 18.9 Å². The number of thiocarbonyl (C=S) groups is 1. The molecule has 0 saturated carbocycles. The molecule has 1 atom stereocenters. The lowest BCUT2D eigenvalue weighted by Gasteiger charge is -2.11. The van der Waals surface area contributed by atoms with E-state index in [-0.39, 0.29) is 6.10 Å². The number of nitrogens with two attached hydrogens (primary N) is 1. The quantitative estimate of drug-likeness (QED) is 0.745. The van der Waals surface area contributed by atoms with Crippen molar-refractivity contribution in [2.24, 2.45) is 5.73 Å². The minimum absolute atomic E-state index is 0.322. The Morgan fingerprint density at radius 3 is 2.80 bits per heavy atom. The minimum atomic E-state index is -0.359. The molecule has 3 nitrogen and oxygen atoms in total. The zero-order valence-electron chi connectivity index (χ0n) is 8.64. The van der Waals surface area contributed by atoms with Gasteiger partial charge in [-0.1, -0.05) is 24.4 Å².